The molecule has 1 heterocycles. The summed E-state index contributed by atoms with van der Waals surface area (Å²) in [7, 11) is 0. The van der Waals surface area contributed by atoms with Crippen LogP contribution in [0.5, 0.6) is 0 Å². The molecule has 0 aromatic carbocycles. The zero-order valence-corrected chi connectivity index (χ0v) is 9.53. The summed E-state index contributed by atoms with van der Waals surface area (Å²) in [6.07, 6.45) is 0.298. The highest BCUT2D eigenvalue weighted by Crippen LogP contribution is 2.25. The maximum Gasteiger partial charge on any atom is 0.129 e. The fourth-order valence-corrected chi connectivity index (χ4v) is 1.48. The molecule has 3 N–H and O–H groups in total. The second kappa shape index (κ2) is 5.30. The van der Waals surface area contributed by atoms with Crippen molar-refractivity contribution in [1.82, 2.24) is 4.98 Å². The number of hydrogen-bond acceptors (Lipinski definition) is 4. The largest absolute Gasteiger partial charge is 0.386 e. The van der Waals surface area contributed by atoms with Crippen LogP contribution in [0, 0.1) is 0 Å². The first kappa shape index (κ1) is 12.2. The summed E-state index contributed by atoms with van der Waals surface area (Å²) in [6.45, 7) is 4.17. The highest BCUT2D eigenvalue weighted by Gasteiger charge is 2.19. The van der Waals surface area contributed by atoms with E-state index >= 15 is 0 Å². The smallest absolute Gasteiger partial charge is 0.129 e. The number of nitrogens with zero attached hydrogens (tertiary/aromatic N) is 1. The van der Waals surface area contributed by atoms with Gasteiger partial charge in [-0.1, -0.05) is 11.6 Å². The summed E-state index contributed by atoms with van der Waals surface area (Å²) < 4.78 is 5.28. The first-order chi connectivity index (χ1) is 7.06. The number of rotatable bonds is 4. The fourth-order valence-electron chi connectivity index (χ4n) is 1.31. The van der Waals surface area contributed by atoms with Gasteiger partial charge in [-0.15, -0.1) is 0 Å². The average Bonchev–Trinajstić information content (AvgIpc) is 2.21. The van der Waals surface area contributed by atoms with Crippen LogP contribution in [0.1, 0.15) is 25.5 Å². The second-order valence-corrected chi connectivity index (χ2v) is 3.67. The Morgan fingerprint density at radius 2 is 2.33 bits per heavy atom. The van der Waals surface area contributed by atoms with Crippen molar-refractivity contribution in [2.75, 3.05) is 12.3 Å². The number of pyridine rings is 1. The van der Waals surface area contributed by atoms with E-state index in [9.17, 15) is 5.11 Å². The third-order valence-electron chi connectivity index (χ3n) is 2.11. The Labute approximate surface area is 94.0 Å². The Morgan fingerprint density at radius 1 is 1.67 bits per heavy atom. The Hall–Kier alpha value is -0.840. The molecule has 0 aliphatic heterocycles. The van der Waals surface area contributed by atoms with Crippen molar-refractivity contribution >= 4 is 17.4 Å². The molecule has 0 aliphatic carbocycles. The highest BCUT2D eigenvalue weighted by molar-refractivity contribution is 6.30. The molecule has 1 rings (SSSR count). The van der Waals surface area contributed by atoms with E-state index in [2.05, 4.69) is 4.98 Å². The number of halogens is 1. The van der Waals surface area contributed by atoms with E-state index in [0.29, 0.717) is 17.2 Å². The molecule has 0 amide bonds. The number of nitrogens with two attached hydrogens (primary N) is 1. The summed E-state index contributed by atoms with van der Waals surface area (Å²) in [5, 5.41) is 10.4. The first-order valence-corrected chi connectivity index (χ1v) is 5.14. The lowest BCUT2D eigenvalue weighted by molar-refractivity contribution is -0.0225. The average molecular weight is 231 g/mol. The summed E-state index contributed by atoms with van der Waals surface area (Å²) in [4.78, 5) is 3.87. The number of aliphatic hydroxyl groups excluding tert-OH is 1. The Balaban J connectivity index is 2.89. The van der Waals surface area contributed by atoms with Crippen molar-refractivity contribution in [1.29, 1.82) is 0 Å². The highest BCUT2D eigenvalue weighted by atomic mass is 35.5. The topological polar surface area (TPSA) is 68.4 Å². The van der Waals surface area contributed by atoms with Crippen molar-refractivity contribution in [2.24, 2.45) is 0 Å². The van der Waals surface area contributed by atoms with Gasteiger partial charge in [0.15, 0.2) is 0 Å². The summed E-state index contributed by atoms with van der Waals surface area (Å²) in [5.41, 5.74) is 6.14. The van der Waals surface area contributed by atoms with Crippen molar-refractivity contribution in [3.05, 3.63) is 22.8 Å². The van der Waals surface area contributed by atoms with E-state index in [0.717, 1.165) is 0 Å². The van der Waals surface area contributed by atoms with Gasteiger partial charge in [-0.2, -0.15) is 0 Å². The summed E-state index contributed by atoms with van der Waals surface area (Å²) in [5.74, 6) is 0.276. The Morgan fingerprint density at radius 3 is 2.93 bits per heavy atom. The lowest BCUT2D eigenvalue weighted by Gasteiger charge is -2.20. The molecule has 0 radical (unpaired) electrons. The molecular formula is C10H15ClN2O2. The van der Waals surface area contributed by atoms with Crippen molar-refractivity contribution in [2.45, 2.75) is 26.1 Å². The van der Waals surface area contributed by atoms with Gasteiger partial charge >= 0.3 is 0 Å². The molecule has 84 valence electrons. The number of nitrogen functional groups attached to an aromatic ring is 1. The minimum absolute atomic E-state index is 0.276. The van der Waals surface area contributed by atoms with E-state index in [1.807, 2.05) is 6.92 Å². The van der Waals surface area contributed by atoms with Crippen LogP contribution in [0.15, 0.2) is 12.3 Å². The van der Waals surface area contributed by atoms with Crippen LogP contribution in [0.2, 0.25) is 5.02 Å². The lowest BCUT2D eigenvalue weighted by atomic mass is 10.1. The SMILES string of the molecule is CCOC(C)C(O)c1cc(Cl)cnc1N. The number of aliphatic hydroxyl groups is 1. The van der Waals surface area contributed by atoms with Crippen LogP contribution in [0.4, 0.5) is 5.82 Å². The zero-order valence-electron chi connectivity index (χ0n) is 8.77. The molecule has 5 heteroatoms. The minimum atomic E-state index is -0.809. The van der Waals surface area contributed by atoms with Crippen LogP contribution in [0.25, 0.3) is 0 Å². The maximum atomic E-state index is 9.92. The molecule has 0 fully saturated rings. The summed E-state index contributed by atoms with van der Waals surface area (Å²) in [6, 6.07) is 1.60. The standard InChI is InChI=1S/C10H15ClN2O2/c1-3-15-6(2)9(14)8-4-7(11)5-13-10(8)12/h4-6,9,14H,3H2,1-2H3,(H2,12,13). The van der Waals surface area contributed by atoms with Gasteiger partial charge in [0.25, 0.3) is 0 Å². The van der Waals surface area contributed by atoms with Gasteiger partial charge in [-0.25, -0.2) is 4.98 Å². The molecule has 4 nitrogen and oxygen atoms in total. The van der Waals surface area contributed by atoms with Crippen molar-refractivity contribution in [3.8, 4) is 0 Å². The Bertz CT molecular complexity index is 333. The van der Waals surface area contributed by atoms with Gasteiger partial charge in [0.2, 0.25) is 0 Å². The molecule has 0 aliphatic rings. The molecule has 15 heavy (non-hydrogen) atoms. The van der Waals surface area contributed by atoms with Gasteiger partial charge in [0.1, 0.15) is 11.9 Å². The molecule has 0 bridgehead atoms. The molecule has 0 saturated heterocycles. The first-order valence-electron chi connectivity index (χ1n) is 4.76. The van der Waals surface area contributed by atoms with Gasteiger partial charge in [-0.05, 0) is 19.9 Å². The van der Waals surface area contributed by atoms with Crippen molar-refractivity contribution < 1.29 is 9.84 Å². The van der Waals surface area contributed by atoms with E-state index in [4.69, 9.17) is 22.1 Å². The van der Waals surface area contributed by atoms with Crippen LogP contribution in [-0.2, 0) is 4.74 Å². The molecule has 0 saturated carbocycles. The minimum Gasteiger partial charge on any atom is -0.386 e. The van der Waals surface area contributed by atoms with Crippen LogP contribution < -0.4 is 5.73 Å². The molecule has 1 aromatic heterocycles. The van der Waals surface area contributed by atoms with Crippen LogP contribution in [-0.4, -0.2) is 22.8 Å². The lowest BCUT2D eigenvalue weighted by Crippen LogP contribution is -2.20. The van der Waals surface area contributed by atoms with E-state index < -0.39 is 6.10 Å². The van der Waals surface area contributed by atoms with Crippen LogP contribution in [0.3, 0.4) is 0 Å². The zero-order chi connectivity index (χ0) is 11.4. The molecule has 0 spiro atoms. The van der Waals surface area contributed by atoms with Gasteiger partial charge in [-0.3, -0.25) is 0 Å². The van der Waals surface area contributed by atoms with Crippen molar-refractivity contribution in [3.63, 3.8) is 0 Å². The maximum absolute atomic E-state index is 9.92. The van der Waals surface area contributed by atoms with E-state index in [-0.39, 0.29) is 11.9 Å². The molecular weight excluding hydrogens is 216 g/mol. The molecule has 1 aromatic rings. The van der Waals surface area contributed by atoms with E-state index in [1.54, 1.807) is 13.0 Å². The van der Waals surface area contributed by atoms with Gasteiger partial charge in [0, 0.05) is 18.4 Å². The second-order valence-electron chi connectivity index (χ2n) is 3.23. The number of ether oxygens (including phenoxy) is 1. The number of anilines is 1. The van der Waals surface area contributed by atoms with E-state index in [1.165, 1.54) is 6.20 Å². The quantitative estimate of drug-likeness (QED) is 0.827. The monoisotopic (exact) mass is 230 g/mol. The predicted octanol–water partition coefficient (Wildman–Crippen LogP) is 1.78. The normalized spacial score (nSPS) is 14.9. The molecule has 2 atom stereocenters. The molecule has 2 unspecified atom stereocenters. The van der Waals surface area contributed by atoms with Gasteiger partial charge < -0.3 is 15.6 Å². The van der Waals surface area contributed by atoms with Gasteiger partial charge in [0.05, 0.1) is 11.1 Å². The third kappa shape index (κ3) is 3.06. The number of hydrogen-bond donors (Lipinski definition) is 2. The number of aromatic nitrogens is 1. The summed E-state index contributed by atoms with van der Waals surface area (Å²) >= 11 is 5.77. The Kier molecular flexibility index (Phi) is 4.32. The fraction of sp³-hybridized carbons (Fsp3) is 0.500. The third-order valence-corrected chi connectivity index (χ3v) is 2.32. The predicted molar refractivity (Wildman–Crippen MR) is 59.7 cm³/mol. The van der Waals surface area contributed by atoms with Crippen LogP contribution >= 0.6 is 11.6 Å².